The van der Waals surface area contributed by atoms with Gasteiger partial charge in [-0.15, -0.1) is 24.5 Å². The van der Waals surface area contributed by atoms with Gasteiger partial charge in [0, 0.05) is 37.6 Å². The smallest absolute Gasteiger partial charge is 0.406 e. The summed E-state index contributed by atoms with van der Waals surface area (Å²) in [5.41, 5.74) is 2.54. The van der Waals surface area contributed by atoms with Crippen LogP contribution in [0, 0.1) is 0 Å². The van der Waals surface area contributed by atoms with Crippen LogP contribution < -0.4 is 9.64 Å². The van der Waals surface area contributed by atoms with Gasteiger partial charge in [-0.3, -0.25) is 19.4 Å². The topological polar surface area (TPSA) is 53.1 Å². The standard InChI is InChI=1S/C26H24F3N3O3S/c1-17(22-6-3-15-36-22)32-24(33)20-4-2-5-21(23(20)25(32)34)31-13-11-30(12-14-31)16-18-7-9-19(10-8-18)35-26(27,28)29/h2-10,15,17H,11-14,16H2,1H3/t17-/m0/s1. The third-order valence-electron chi connectivity index (χ3n) is 6.54. The zero-order valence-electron chi connectivity index (χ0n) is 19.5. The number of carbonyl (C=O) groups is 2. The van der Waals surface area contributed by atoms with Gasteiger partial charge in [-0.1, -0.05) is 24.3 Å². The van der Waals surface area contributed by atoms with E-state index in [0.29, 0.717) is 43.9 Å². The molecule has 1 fully saturated rings. The van der Waals surface area contributed by atoms with Gasteiger partial charge in [0.2, 0.25) is 0 Å². The molecule has 0 radical (unpaired) electrons. The fraction of sp³-hybridized carbons (Fsp3) is 0.308. The Kier molecular flexibility index (Phi) is 6.48. The largest absolute Gasteiger partial charge is 0.573 e. The molecule has 0 N–H and O–H groups in total. The van der Waals surface area contributed by atoms with Crippen LogP contribution in [0.2, 0.25) is 0 Å². The van der Waals surface area contributed by atoms with Crippen molar-refractivity contribution in [2.75, 3.05) is 31.1 Å². The Morgan fingerprint density at radius 3 is 2.31 bits per heavy atom. The number of hydrogen-bond acceptors (Lipinski definition) is 6. The Morgan fingerprint density at radius 2 is 1.67 bits per heavy atom. The molecule has 0 aliphatic carbocycles. The number of amides is 2. The molecule has 1 aromatic heterocycles. The number of imide groups is 1. The summed E-state index contributed by atoms with van der Waals surface area (Å²) in [7, 11) is 0. The number of halogens is 3. The quantitative estimate of drug-likeness (QED) is 0.416. The molecule has 3 heterocycles. The van der Waals surface area contributed by atoms with Crippen molar-refractivity contribution in [1.29, 1.82) is 0 Å². The van der Waals surface area contributed by atoms with E-state index < -0.39 is 6.36 Å². The normalized spacial score (nSPS) is 17.4. The predicted molar refractivity (Wildman–Crippen MR) is 130 cm³/mol. The zero-order valence-corrected chi connectivity index (χ0v) is 20.3. The molecule has 3 aromatic rings. The molecule has 0 bridgehead atoms. The molecular weight excluding hydrogens is 491 g/mol. The lowest BCUT2D eigenvalue weighted by atomic mass is 10.1. The van der Waals surface area contributed by atoms with E-state index in [-0.39, 0.29) is 23.6 Å². The van der Waals surface area contributed by atoms with Crippen LogP contribution in [0.1, 0.15) is 44.1 Å². The van der Waals surface area contributed by atoms with E-state index in [1.165, 1.54) is 28.4 Å². The van der Waals surface area contributed by atoms with Crippen molar-refractivity contribution in [3.63, 3.8) is 0 Å². The van der Waals surface area contributed by atoms with Gasteiger partial charge in [0.1, 0.15) is 5.75 Å². The Balaban J connectivity index is 1.25. The lowest BCUT2D eigenvalue weighted by Gasteiger charge is -2.36. The van der Waals surface area contributed by atoms with Gasteiger partial charge in [-0.05, 0) is 48.2 Å². The van der Waals surface area contributed by atoms with Crippen LogP contribution in [0.15, 0.2) is 60.0 Å². The summed E-state index contributed by atoms with van der Waals surface area (Å²) in [6.45, 7) is 5.20. The third-order valence-corrected chi connectivity index (χ3v) is 7.59. The average molecular weight is 516 g/mol. The van der Waals surface area contributed by atoms with Crippen molar-refractivity contribution in [2.24, 2.45) is 0 Å². The molecule has 0 unspecified atom stereocenters. The summed E-state index contributed by atoms with van der Waals surface area (Å²) >= 11 is 1.52. The molecule has 1 atom stereocenters. The fourth-order valence-electron chi connectivity index (χ4n) is 4.76. The van der Waals surface area contributed by atoms with Crippen molar-refractivity contribution >= 4 is 28.8 Å². The highest BCUT2D eigenvalue weighted by Crippen LogP contribution is 2.37. The van der Waals surface area contributed by atoms with Gasteiger partial charge in [0.15, 0.2) is 0 Å². The maximum Gasteiger partial charge on any atom is 0.573 e. The molecule has 10 heteroatoms. The summed E-state index contributed by atoms with van der Waals surface area (Å²) in [5, 5.41) is 1.93. The molecule has 188 valence electrons. The Labute approximate surface area is 210 Å². The van der Waals surface area contributed by atoms with Gasteiger partial charge in [0.25, 0.3) is 11.8 Å². The molecule has 0 spiro atoms. The fourth-order valence-corrected chi connectivity index (χ4v) is 5.53. The molecule has 2 aromatic carbocycles. The SMILES string of the molecule is C[C@@H](c1cccs1)N1C(=O)c2cccc(N3CCN(Cc4ccc(OC(F)(F)F)cc4)CC3)c2C1=O. The minimum atomic E-state index is -4.71. The Morgan fingerprint density at radius 1 is 0.944 bits per heavy atom. The first kappa shape index (κ1) is 24.3. The number of fused-ring (bicyclic) bond motifs is 1. The predicted octanol–water partition coefficient (Wildman–Crippen LogP) is 5.33. The van der Waals surface area contributed by atoms with Gasteiger partial charge < -0.3 is 9.64 Å². The number of ether oxygens (including phenoxy) is 1. The second-order valence-electron chi connectivity index (χ2n) is 8.83. The van der Waals surface area contributed by atoms with Crippen molar-refractivity contribution in [1.82, 2.24) is 9.80 Å². The highest BCUT2D eigenvalue weighted by molar-refractivity contribution is 7.10. The zero-order chi connectivity index (χ0) is 25.4. The van der Waals surface area contributed by atoms with Crippen molar-refractivity contribution < 1.29 is 27.5 Å². The van der Waals surface area contributed by atoms with Crippen LogP contribution in [-0.2, 0) is 6.54 Å². The van der Waals surface area contributed by atoms with Gasteiger partial charge in [-0.25, -0.2) is 0 Å². The number of thiophene rings is 1. The number of benzene rings is 2. The van der Waals surface area contributed by atoms with Crippen LogP contribution in [0.25, 0.3) is 0 Å². The summed E-state index contributed by atoms with van der Waals surface area (Å²) in [4.78, 5) is 33.2. The van der Waals surface area contributed by atoms with Crippen LogP contribution in [0.5, 0.6) is 5.75 Å². The summed E-state index contributed by atoms with van der Waals surface area (Å²) in [6.07, 6.45) is -4.71. The van der Waals surface area contributed by atoms with Gasteiger partial charge in [0.05, 0.1) is 22.9 Å². The van der Waals surface area contributed by atoms with Crippen molar-refractivity contribution in [3.8, 4) is 5.75 Å². The van der Waals surface area contributed by atoms with E-state index in [4.69, 9.17) is 0 Å². The molecule has 36 heavy (non-hydrogen) atoms. The number of nitrogens with zero attached hydrogens (tertiary/aromatic N) is 3. The molecular formula is C26H24F3N3O3S. The van der Waals surface area contributed by atoms with Crippen LogP contribution in [0.4, 0.5) is 18.9 Å². The molecule has 1 saturated heterocycles. The number of rotatable bonds is 6. The number of piperazine rings is 1. The van der Waals surface area contributed by atoms with Crippen LogP contribution in [0.3, 0.4) is 0 Å². The van der Waals surface area contributed by atoms with E-state index in [2.05, 4.69) is 14.5 Å². The number of alkyl halides is 3. The highest BCUT2D eigenvalue weighted by atomic mass is 32.1. The minimum Gasteiger partial charge on any atom is -0.406 e. The molecule has 5 rings (SSSR count). The average Bonchev–Trinajstić information content (AvgIpc) is 3.47. The Bertz CT molecular complexity index is 1250. The highest BCUT2D eigenvalue weighted by Gasteiger charge is 2.41. The second kappa shape index (κ2) is 9.59. The van der Waals surface area contributed by atoms with Crippen molar-refractivity contribution in [2.45, 2.75) is 25.9 Å². The lowest BCUT2D eigenvalue weighted by Crippen LogP contribution is -2.46. The van der Waals surface area contributed by atoms with Gasteiger partial charge >= 0.3 is 6.36 Å². The number of hydrogen-bond donors (Lipinski definition) is 0. The second-order valence-corrected chi connectivity index (χ2v) is 9.81. The van der Waals surface area contributed by atoms with E-state index in [0.717, 1.165) is 16.1 Å². The molecule has 0 saturated carbocycles. The number of anilines is 1. The van der Waals surface area contributed by atoms with Gasteiger partial charge in [-0.2, -0.15) is 0 Å². The van der Waals surface area contributed by atoms with E-state index in [9.17, 15) is 22.8 Å². The van der Waals surface area contributed by atoms with Crippen LogP contribution >= 0.6 is 11.3 Å². The molecule has 2 aliphatic heterocycles. The summed E-state index contributed by atoms with van der Waals surface area (Å²) < 4.78 is 41.0. The first-order valence-corrected chi connectivity index (χ1v) is 12.5. The number of carbonyl (C=O) groups excluding carboxylic acids is 2. The minimum absolute atomic E-state index is 0.240. The van der Waals surface area contributed by atoms with E-state index >= 15 is 0 Å². The molecule has 6 nitrogen and oxygen atoms in total. The lowest BCUT2D eigenvalue weighted by molar-refractivity contribution is -0.274. The van der Waals surface area contributed by atoms with E-state index in [1.807, 2.05) is 36.6 Å². The summed E-state index contributed by atoms with van der Waals surface area (Å²) in [5.74, 6) is -0.778. The first-order chi connectivity index (χ1) is 17.2. The van der Waals surface area contributed by atoms with Crippen molar-refractivity contribution in [3.05, 3.63) is 81.5 Å². The summed E-state index contributed by atoms with van der Waals surface area (Å²) in [6, 6.07) is 14.8. The Hall–Kier alpha value is -3.37. The maximum atomic E-state index is 13.4. The first-order valence-electron chi connectivity index (χ1n) is 11.6. The molecule has 2 amide bonds. The monoisotopic (exact) mass is 515 g/mol. The third kappa shape index (κ3) is 4.83. The van der Waals surface area contributed by atoms with Crippen LogP contribution in [-0.4, -0.2) is 54.2 Å². The van der Waals surface area contributed by atoms with E-state index in [1.54, 1.807) is 18.2 Å². The molecule has 2 aliphatic rings. The maximum absolute atomic E-state index is 13.4.